The number of aromatic nitrogens is 2. The Morgan fingerprint density at radius 2 is 1.97 bits per heavy atom. The summed E-state index contributed by atoms with van der Waals surface area (Å²) in [6.07, 6.45) is 7.10. The second kappa shape index (κ2) is 10.4. The van der Waals surface area contributed by atoms with Crippen LogP contribution in [0.15, 0.2) is 79.1 Å². The Bertz CT molecular complexity index is 1460. The predicted octanol–water partition coefficient (Wildman–Crippen LogP) is 6.42. The largest absolute Gasteiger partial charge is 0.337 e. The van der Waals surface area contributed by atoms with Crippen LogP contribution < -0.4 is 10.6 Å². The fourth-order valence-electron chi connectivity index (χ4n) is 4.54. The average molecular weight is 502 g/mol. The van der Waals surface area contributed by atoms with Crippen LogP contribution in [0.3, 0.4) is 0 Å². The number of anilines is 3. The van der Waals surface area contributed by atoms with Crippen molar-refractivity contribution in [3.8, 4) is 11.1 Å². The zero-order valence-corrected chi connectivity index (χ0v) is 20.5. The lowest BCUT2D eigenvalue weighted by Crippen LogP contribution is -2.23. The summed E-state index contributed by atoms with van der Waals surface area (Å²) >= 11 is 6.33. The molecule has 3 aromatic carbocycles. The maximum Gasteiger partial charge on any atom is 0.248 e. The third kappa shape index (κ3) is 5.08. The molecule has 1 atom stereocenters. The number of carbonyl (C=O) groups excluding carboxylic acids is 1. The van der Waals surface area contributed by atoms with Crippen molar-refractivity contribution < 1.29 is 9.18 Å². The second-order valence-electron chi connectivity index (χ2n) is 8.76. The summed E-state index contributed by atoms with van der Waals surface area (Å²) in [7, 11) is 2.06. The lowest BCUT2D eigenvalue weighted by atomic mass is 9.98. The molecule has 2 N–H and O–H groups in total. The van der Waals surface area contributed by atoms with Crippen LogP contribution in [0.2, 0.25) is 5.02 Å². The van der Waals surface area contributed by atoms with Gasteiger partial charge in [0.15, 0.2) is 0 Å². The van der Waals surface area contributed by atoms with Gasteiger partial charge in [-0.05, 0) is 68.4 Å². The van der Waals surface area contributed by atoms with Gasteiger partial charge in [-0.1, -0.05) is 41.9 Å². The average Bonchev–Trinajstić information content (AvgIpc) is 3.29. The molecule has 0 aliphatic carbocycles. The number of amides is 1. The van der Waals surface area contributed by atoms with Crippen molar-refractivity contribution in [1.82, 2.24) is 14.9 Å². The minimum Gasteiger partial charge on any atom is -0.337 e. The van der Waals surface area contributed by atoms with Gasteiger partial charge in [-0.2, -0.15) is 0 Å². The molecule has 8 heteroatoms. The SMILES string of the molecule is CN1CCC[C@@H]1/C=C/C(=O)Nc1ccc2ncnc(Nc3ccccc3F)c2c1-c1cccc(Cl)c1. The van der Waals surface area contributed by atoms with Gasteiger partial charge in [0.25, 0.3) is 0 Å². The van der Waals surface area contributed by atoms with Crippen molar-refractivity contribution in [2.75, 3.05) is 24.2 Å². The maximum atomic E-state index is 14.5. The summed E-state index contributed by atoms with van der Waals surface area (Å²) in [4.78, 5) is 24.0. The highest BCUT2D eigenvalue weighted by molar-refractivity contribution is 6.31. The molecule has 4 aromatic rings. The van der Waals surface area contributed by atoms with E-state index in [0.717, 1.165) is 24.9 Å². The number of benzene rings is 3. The molecular weight excluding hydrogens is 477 g/mol. The first-order valence-electron chi connectivity index (χ1n) is 11.7. The van der Waals surface area contributed by atoms with E-state index in [-0.39, 0.29) is 17.6 Å². The van der Waals surface area contributed by atoms with Gasteiger partial charge in [-0.3, -0.25) is 9.69 Å². The highest BCUT2D eigenvalue weighted by Crippen LogP contribution is 2.39. The van der Waals surface area contributed by atoms with Crippen molar-refractivity contribution in [1.29, 1.82) is 0 Å². The van der Waals surface area contributed by atoms with E-state index >= 15 is 0 Å². The second-order valence-corrected chi connectivity index (χ2v) is 9.19. The lowest BCUT2D eigenvalue weighted by Gasteiger charge is -2.17. The topological polar surface area (TPSA) is 70.2 Å². The van der Waals surface area contributed by atoms with E-state index in [9.17, 15) is 9.18 Å². The predicted molar refractivity (Wildman–Crippen MR) is 143 cm³/mol. The summed E-state index contributed by atoms with van der Waals surface area (Å²) in [5, 5.41) is 7.30. The van der Waals surface area contributed by atoms with E-state index in [1.54, 1.807) is 30.3 Å². The summed E-state index contributed by atoms with van der Waals surface area (Å²) in [5.41, 5.74) is 2.96. The van der Waals surface area contributed by atoms with Crippen LogP contribution in [0.25, 0.3) is 22.0 Å². The molecule has 1 aromatic heterocycles. The van der Waals surface area contributed by atoms with Gasteiger partial charge in [-0.15, -0.1) is 0 Å². The Hall–Kier alpha value is -3.81. The third-order valence-electron chi connectivity index (χ3n) is 6.35. The number of hydrogen-bond donors (Lipinski definition) is 2. The van der Waals surface area contributed by atoms with Gasteiger partial charge in [0.1, 0.15) is 18.0 Å². The first-order valence-corrected chi connectivity index (χ1v) is 12.1. The minimum absolute atomic E-state index is 0.238. The van der Waals surface area contributed by atoms with Crippen molar-refractivity contribution in [2.24, 2.45) is 0 Å². The van der Waals surface area contributed by atoms with Crippen LogP contribution in [0.5, 0.6) is 0 Å². The zero-order valence-electron chi connectivity index (χ0n) is 19.7. The minimum atomic E-state index is -0.403. The van der Waals surface area contributed by atoms with E-state index in [2.05, 4.69) is 32.5 Å². The molecule has 1 aliphatic heterocycles. The number of para-hydroxylation sites is 1. The van der Waals surface area contributed by atoms with Gasteiger partial charge in [-0.25, -0.2) is 14.4 Å². The van der Waals surface area contributed by atoms with Gasteiger partial charge < -0.3 is 10.6 Å². The Kier molecular flexibility index (Phi) is 6.93. The highest BCUT2D eigenvalue weighted by Gasteiger charge is 2.20. The molecule has 1 amide bonds. The van der Waals surface area contributed by atoms with Gasteiger partial charge >= 0.3 is 0 Å². The molecule has 36 heavy (non-hydrogen) atoms. The van der Waals surface area contributed by atoms with Crippen LogP contribution >= 0.6 is 11.6 Å². The van der Waals surface area contributed by atoms with E-state index in [0.29, 0.717) is 33.0 Å². The van der Waals surface area contributed by atoms with Crippen LogP contribution in [-0.2, 0) is 4.79 Å². The van der Waals surface area contributed by atoms with Crippen LogP contribution in [-0.4, -0.2) is 40.4 Å². The number of fused-ring (bicyclic) bond motifs is 1. The molecule has 1 saturated heterocycles. The van der Waals surface area contributed by atoms with Crippen molar-refractivity contribution in [2.45, 2.75) is 18.9 Å². The number of likely N-dealkylation sites (tertiary alicyclic amines) is 1. The van der Waals surface area contributed by atoms with Crippen molar-refractivity contribution >= 4 is 45.6 Å². The normalized spacial score (nSPS) is 16.0. The Morgan fingerprint density at radius 1 is 1.11 bits per heavy atom. The number of nitrogens with zero attached hydrogens (tertiary/aromatic N) is 3. The van der Waals surface area contributed by atoms with Crippen LogP contribution in [0.4, 0.5) is 21.6 Å². The Morgan fingerprint density at radius 3 is 2.75 bits per heavy atom. The number of halogens is 2. The molecule has 5 rings (SSSR count). The Balaban J connectivity index is 1.60. The molecule has 0 spiro atoms. The summed E-state index contributed by atoms with van der Waals surface area (Å²) in [5.74, 6) is -0.224. The smallest absolute Gasteiger partial charge is 0.248 e. The first kappa shape index (κ1) is 23.9. The van der Waals surface area contributed by atoms with Crippen LogP contribution in [0.1, 0.15) is 12.8 Å². The van der Waals surface area contributed by atoms with Gasteiger partial charge in [0.2, 0.25) is 5.91 Å². The van der Waals surface area contributed by atoms with Crippen molar-refractivity contribution in [3.63, 3.8) is 0 Å². The molecule has 0 unspecified atom stereocenters. The van der Waals surface area contributed by atoms with E-state index < -0.39 is 5.82 Å². The fourth-order valence-corrected chi connectivity index (χ4v) is 4.73. The summed E-state index contributed by atoms with van der Waals surface area (Å²) in [6.45, 7) is 1.03. The Labute approximate surface area is 213 Å². The van der Waals surface area contributed by atoms with Gasteiger partial charge in [0, 0.05) is 28.4 Å². The summed E-state index contributed by atoms with van der Waals surface area (Å²) < 4.78 is 14.5. The molecule has 0 saturated carbocycles. The monoisotopic (exact) mass is 501 g/mol. The summed E-state index contributed by atoms with van der Waals surface area (Å²) in [6, 6.07) is 17.6. The number of rotatable bonds is 6. The lowest BCUT2D eigenvalue weighted by molar-refractivity contribution is -0.111. The molecule has 6 nitrogen and oxygen atoms in total. The molecule has 0 bridgehead atoms. The standard InChI is InChI=1S/C28H25ClFN5O/c1-35-15-5-8-20(35)11-14-25(36)33-24-13-12-23-27(26(24)18-6-4-7-19(29)16-18)28(32-17-31-23)34-22-10-3-2-9-21(22)30/h2-4,6-7,9-14,16-17,20H,5,8,15H2,1H3,(H,33,36)(H,31,32,34)/b14-11+/t20-/m1/s1. The first-order chi connectivity index (χ1) is 17.5. The van der Waals surface area contributed by atoms with Gasteiger partial charge in [0.05, 0.1) is 16.6 Å². The molecule has 0 radical (unpaired) electrons. The maximum absolute atomic E-state index is 14.5. The number of hydrogen-bond acceptors (Lipinski definition) is 5. The quantitative estimate of drug-likeness (QED) is 0.298. The van der Waals surface area contributed by atoms with E-state index in [1.807, 2.05) is 36.4 Å². The molecular formula is C28H25ClFN5O. The zero-order chi connectivity index (χ0) is 25.1. The number of carbonyl (C=O) groups is 1. The van der Waals surface area contributed by atoms with E-state index in [1.165, 1.54) is 12.4 Å². The highest BCUT2D eigenvalue weighted by atomic mass is 35.5. The third-order valence-corrected chi connectivity index (χ3v) is 6.58. The number of nitrogens with one attached hydrogen (secondary N) is 2. The van der Waals surface area contributed by atoms with Crippen LogP contribution in [0, 0.1) is 5.82 Å². The number of likely N-dealkylation sites (N-methyl/N-ethyl adjacent to an activating group) is 1. The molecule has 182 valence electrons. The van der Waals surface area contributed by atoms with Crippen molar-refractivity contribution in [3.05, 3.63) is 90.0 Å². The molecule has 1 aliphatic rings. The van der Waals surface area contributed by atoms with E-state index in [4.69, 9.17) is 11.6 Å². The molecule has 1 fully saturated rings. The molecule has 2 heterocycles. The fraction of sp³-hybridized carbons (Fsp3) is 0.179.